The summed E-state index contributed by atoms with van der Waals surface area (Å²) in [6, 6.07) is 3.87. The first-order valence-electron chi connectivity index (χ1n) is 7.72. The molecule has 2 aromatic rings. The van der Waals surface area contributed by atoms with Crippen LogP contribution in [0.1, 0.15) is 35.8 Å². The third-order valence-electron chi connectivity index (χ3n) is 4.53. The van der Waals surface area contributed by atoms with E-state index in [0.717, 1.165) is 10.9 Å². The first-order valence-corrected chi connectivity index (χ1v) is 7.72. The lowest BCUT2D eigenvalue weighted by molar-refractivity contribution is -0.200. The van der Waals surface area contributed by atoms with E-state index < -0.39 is 18.5 Å². The SMILES string of the molecule is COc1c2c(c(OC)c3c(OC)c(C)ccc13)[C@H](O)[C@H](O)O[C@H]2C. The number of methoxy groups -OCH3 is 3. The van der Waals surface area contributed by atoms with Gasteiger partial charge in [-0.2, -0.15) is 0 Å². The van der Waals surface area contributed by atoms with Gasteiger partial charge in [0, 0.05) is 16.5 Å². The maximum Gasteiger partial charge on any atom is 0.185 e. The third-order valence-corrected chi connectivity index (χ3v) is 4.53. The molecule has 1 aliphatic rings. The van der Waals surface area contributed by atoms with Crippen LogP contribution in [0.5, 0.6) is 17.2 Å². The van der Waals surface area contributed by atoms with Crippen molar-refractivity contribution >= 4 is 10.8 Å². The van der Waals surface area contributed by atoms with Crippen molar-refractivity contribution in [3.63, 3.8) is 0 Å². The van der Waals surface area contributed by atoms with Gasteiger partial charge in [-0.15, -0.1) is 0 Å². The van der Waals surface area contributed by atoms with Crippen molar-refractivity contribution < 1.29 is 29.2 Å². The monoisotopic (exact) mass is 334 g/mol. The summed E-state index contributed by atoms with van der Waals surface area (Å²) in [4.78, 5) is 0. The normalized spacial score (nSPS) is 23.0. The largest absolute Gasteiger partial charge is 0.496 e. The van der Waals surface area contributed by atoms with Gasteiger partial charge in [0.15, 0.2) is 6.29 Å². The number of benzene rings is 2. The molecule has 0 saturated carbocycles. The summed E-state index contributed by atoms with van der Waals surface area (Å²) in [6.07, 6.45) is -3.03. The lowest BCUT2D eigenvalue weighted by Crippen LogP contribution is -2.30. The van der Waals surface area contributed by atoms with Gasteiger partial charge in [-0.1, -0.05) is 6.07 Å². The molecule has 3 rings (SSSR count). The third kappa shape index (κ3) is 2.22. The molecular weight excluding hydrogens is 312 g/mol. The summed E-state index contributed by atoms with van der Waals surface area (Å²) < 4.78 is 22.3. The van der Waals surface area contributed by atoms with E-state index in [1.807, 2.05) is 19.1 Å². The van der Waals surface area contributed by atoms with Gasteiger partial charge in [0.1, 0.15) is 23.4 Å². The molecule has 0 saturated heterocycles. The number of rotatable bonds is 3. The zero-order valence-electron chi connectivity index (χ0n) is 14.4. The van der Waals surface area contributed by atoms with Crippen LogP contribution >= 0.6 is 0 Å². The summed E-state index contributed by atoms with van der Waals surface area (Å²) in [7, 11) is 4.69. The molecule has 1 heterocycles. The Labute approximate surface area is 140 Å². The fourth-order valence-corrected chi connectivity index (χ4v) is 3.51. The lowest BCUT2D eigenvalue weighted by atomic mass is 9.88. The quantitative estimate of drug-likeness (QED) is 0.898. The number of aliphatic hydroxyl groups is 2. The van der Waals surface area contributed by atoms with Crippen molar-refractivity contribution in [3.05, 3.63) is 28.8 Å². The van der Waals surface area contributed by atoms with Crippen LogP contribution in [0.4, 0.5) is 0 Å². The van der Waals surface area contributed by atoms with Crippen LogP contribution in [0.3, 0.4) is 0 Å². The molecule has 2 N–H and O–H groups in total. The van der Waals surface area contributed by atoms with Crippen molar-refractivity contribution in [2.45, 2.75) is 32.3 Å². The van der Waals surface area contributed by atoms with Crippen molar-refractivity contribution in [3.8, 4) is 17.2 Å². The van der Waals surface area contributed by atoms with E-state index in [4.69, 9.17) is 18.9 Å². The summed E-state index contributed by atoms with van der Waals surface area (Å²) >= 11 is 0. The highest BCUT2D eigenvalue weighted by molar-refractivity contribution is 6.01. The van der Waals surface area contributed by atoms with E-state index in [0.29, 0.717) is 33.8 Å². The summed E-state index contributed by atoms with van der Waals surface area (Å²) in [5, 5.41) is 22.1. The second kappa shape index (κ2) is 6.12. The highest BCUT2D eigenvalue weighted by atomic mass is 16.6. The van der Waals surface area contributed by atoms with Crippen LogP contribution < -0.4 is 14.2 Å². The lowest BCUT2D eigenvalue weighted by Gasteiger charge is -2.34. The van der Waals surface area contributed by atoms with Gasteiger partial charge < -0.3 is 29.2 Å². The molecule has 3 atom stereocenters. The number of aliphatic hydroxyl groups excluding tert-OH is 2. The molecule has 6 nitrogen and oxygen atoms in total. The Balaban J connectivity index is 2.54. The first kappa shape index (κ1) is 16.8. The Hall–Kier alpha value is -2.02. The number of hydrogen-bond donors (Lipinski definition) is 2. The zero-order valence-corrected chi connectivity index (χ0v) is 14.4. The van der Waals surface area contributed by atoms with E-state index >= 15 is 0 Å². The van der Waals surface area contributed by atoms with Crippen LogP contribution in [0.15, 0.2) is 12.1 Å². The van der Waals surface area contributed by atoms with Gasteiger partial charge in [0.2, 0.25) is 0 Å². The Morgan fingerprint density at radius 1 is 0.917 bits per heavy atom. The minimum absolute atomic E-state index is 0.459. The van der Waals surface area contributed by atoms with Crippen molar-refractivity contribution in [2.75, 3.05) is 21.3 Å². The maximum atomic E-state index is 10.5. The van der Waals surface area contributed by atoms with Crippen LogP contribution in [-0.4, -0.2) is 37.8 Å². The van der Waals surface area contributed by atoms with E-state index in [1.54, 1.807) is 21.1 Å². The predicted molar refractivity (Wildman–Crippen MR) is 88.8 cm³/mol. The first-order chi connectivity index (χ1) is 11.5. The Morgan fingerprint density at radius 2 is 1.54 bits per heavy atom. The molecule has 24 heavy (non-hydrogen) atoms. The van der Waals surface area contributed by atoms with Crippen LogP contribution in [0.2, 0.25) is 0 Å². The average Bonchev–Trinajstić information content (AvgIpc) is 2.57. The fraction of sp³-hybridized carbons (Fsp3) is 0.444. The smallest absolute Gasteiger partial charge is 0.185 e. The fourth-order valence-electron chi connectivity index (χ4n) is 3.51. The van der Waals surface area contributed by atoms with E-state index in [-0.39, 0.29) is 0 Å². The van der Waals surface area contributed by atoms with Gasteiger partial charge in [-0.3, -0.25) is 0 Å². The molecule has 0 unspecified atom stereocenters. The minimum atomic E-state index is -1.33. The molecule has 6 heteroatoms. The number of hydrogen-bond acceptors (Lipinski definition) is 6. The molecule has 0 amide bonds. The van der Waals surface area contributed by atoms with Crippen molar-refractivity contribution in [1.29, 1.82) is 0 Å². The van der Waals surface area contributed by atoms with Gasteiger partial charge in [0.05, 0.1) is 32.8 Å². The summed E-state index contributed by atoms with van der Waals surface area (Å²) in [6.45, 7) is 3.73. The topological polar surface area (TPSA) is 77.4 Å². The molecule has 0 radical (unpaired) electrons. The van der Waals surface area contributed by atoms with Gasteiger partial charge >= 0.3 is 0 Å². The van der Waals surface area contributed by atoms with Crippen LogP contribution in [0, 0.1) is 6.92 Å². The zero-order chi connectivity index (χ0) is 17.6. The Bertz CT molecular complexity index is 785. The van der Waals surface area contributed by atoms with Crippen molar-refractivity contribution in [1.82, 2.24) is 0 Å². The number of aryl methyl sites for hydroxylation is 1. The van der Waals surface area contributed by atoms with E-state index in [1.165, 1.54) is 7.11 Å². The predicted octanol–water partition coefficient (Wildman–Crippen LogP) is 2.62. The second-order valence-electron chi connectivity index (χ2n) is 5.85. The average molecular weight is 334 g/mol. The molecule has 2 aromatic carbocycles. The summed E-state index contributed by atoms with van der Waals surface area (Å²) in [5.41, 5.74) is 2.07. The van der Waals surface area contributed by atoms with Gasteiger partial charge in [-0.25, -0.2) is 0 Å². The Kier molecular flexibility index (Phi) is 4.29. The van der Waals surface area contributed by atoms with Gasteiger partial charge in [-0.05, 0) is 25.5 Å². The highest BCUT2D eigenvalue weighted by Gasteiger charge is 2.38. The second-order valence-corrected chi connectivity index (χ2v) is 5.85. The minimum Gasteiger partial charge on any atom is -0.496 e. The van der Waals surface area contributed by atoms with Crippen molar-refractivity contribution in [2.24, 2.45) is 0 Å². The highest BCUT2D eigenvalue weighted by Crippen LogP contribution is 2.52. The molecule has 0 bridgehead atoms. The molecule has 130 valence electrons. The van der Waals surface area contributed by atoms with E-state index in [2.05, 4.69) is 0 Å². The van der Waals surface area contributed by atoms with Crippen LogP contribution in [0.25, 0.3) is 10.8 Å². The van der Waals surface area contributed by atoms with Crippen LogP contribution in [-0.2, 0) is 4.74 Å². The molecule has 0 fully saturated rings. The molecule has 0 spiro atoms. The number of fused-ring (bicyclic) bond motifs is 2. The standard InChI is InChI=1S/C18H22O6/c1-8-6-7-10-12(15(8)21-3)17(23-5)13-11(16(10)22-4)9(2)24-18(20)14(13)19/h6-7,9,14,18-20H,1-5H3/t9-,14-,18+/m0/s1. The van der Waals surface area contributed by atoms with E-state index in [9.17, 15) is 10.2 Å². The van der Waals surface area contributed by atoms with Gasteiger partial charge in [0.25, 0.3) is 0 Å². The maximum absolute atomic E-state index is 10.5. The molecule has 0 aliphatic carbocycles. The summed E-state index contributed by atoms with van der Waals surface area (Å²) in [5.74, 6) is 1.69. The number of ether oxygens (including phenoxy) is 4. The molecule has 1 aliphatic heterocycles. The molecular formula is C18H22O6. The molecule has 0 aromatic heterocycles. The Morgan fingerprint density at radius 3 is 2.12 bits per heavy atom.